The van der Waals surface area contributed by atoms with Gasteiger partial charge in [0.05, 0.1) is 0 Å². The maximum atomic E-state index is 5.86. The molecule has 0 saturated carbocycles. The number of amidine groups is 2. The minimum absolute atomic E-state index is 0.00110. The lowest BCUT2D eigenvalue weighted by Gasteiger charge is -2.23. The molecule has 1 N–H and O–H groups in total. The summed E-state index contributed by atoms with van der Waals surface area (Å²) in [6.45, 7) is 2.08. The van der Waals surface area contributed by atoms with Crippen LogP contribution in [0.1, 0.15) is 24.9 Å². The van der Waals surface area contributed by atoms with Crippen molar-refractivity contribution in [3.63, 3.8) is 0 Å². The van der Waals surface area contributed by atoms with Crippen LogP contribution in [0.4, 0.5) is 0 Å². The molecule has 0 radical (unpaired) electrons. The molecule has 2 heterocycles. The van der Waals surface area contributed by atoms with Gasteiger partial charge in [0.2, 0.25) is 7.59 Å². The van der Waals surface area contributed by atoms with Crippen molar-refractivity contribution in [2.24, 2.45) is 9.98 Å². The number of allylic oxidation sites excluding steroid dienone is 1. The molecule has 1 aliphatic heterocycles. The minimum atomic E-state index is -1.85. The van der Waals surface area contributed by atoms with Crippen LogP contribution in [0.3, 0.4) is 0 Å². The Kier molecular flexibility index (Phi) is 6.79. The predicted octanol–water partition coefficient (Wildman–Crippen LogP) is 5.76. The normalized spacial score (nSPS) is 17.5. The standard InChI is InChI=1S/C14H13Cl6N3O/c1-2-3-8-4-5-9(24-8)6-7-10-21-11(13(15,16)17)23-12(22-10)14(18,19)20/h4-5,7H,2-3,6H2,1H3,(H,21,22,23). The molecule has 0 amide bonds. The molecule has 0 unspecified atom stereocenters. The summed E-state index contributed by atoms with van der Waals surface area (Å²) >= 11 is 35.1. The van der Waals surface area contributed by atoms with Gasteiger partial charge in [0.15, 0.2) is 11.7 Å². The molecule has 1 aromatic rings. The van der Waals surface area contributed by atoms with Crippen molar-refractivity contribution in [2.45, 2.75) is 33.8 Å². The van der Waals surface area contributed by atoms with E-state index in [4.69, 9.17) is 74.0 Å². The SMILES string of the molecule is CCCc1ccc(CC=C2N=C(C(Cl)(Cl)Cl)N=C(C(Cl)(Cl)Cl)N2)o1. The maximum Gasteiger partial charge on any atom is 0.250 e. The highest BCUT2D eigenvalue weighted by atomic mass is 35.6. The van der Waals surface area contributed by atoms with Crippen LogP contribution in [-0.2, 0) is 12.8 Å². The Morgan fingerprint density at radius 1 is 1.04 bits per heavy atom. The highest BCUT2D eigenvalue weighted by Crippen LogP contribution is 2.34. The van der Waals surface area contributed by atoms with Gasteiger partial charge in [0.1, 0.15) is 17.3 Å². The van der Waals surface area contributed by atoms with Crippen molar-refractivity contribution < 1.29 is 4.42 Å². The van der Waals surface area contributed by atoms with Crippen molar-refractivity contribution in [3.8, 4) is 0 Å². The van der Waals surface area contributed by atoms with Crippen LogP contribution in [0.15, 0.2) is 38.4 Å². The first-order valence-electron chi connectivity index (χ1n) is 6.96. The van der Waals surface area contributed by atoms with Crippen LogP contribution in [-0.4, -0.2) is 19.3 Å². The van der Waals surface area contributed by atoms with Gasteiger partial charge in [-0.2, -0.15) is 0 Å². The zero-order valence-corrected chi connectivity index (χ0v) is 17.0. The van der Waals surface area contributed by atoms with Gasteiger partial charge in [-0.1, -0.05) is 76.5 Å². The average molecular weight is 452 g/mol. The van der Waals surface area contributed by atoms with E-state index >= 15 is 0 Å². The summed E-state index contributed by atoms with van der Waals surface area (Å²) in [5, 5.41) is 2.81. The highest BCUT2D eigenvalue weighted by Gasteiger charge is 2.36. The fourth-order valence-electron chi connectivity index (χ4n) is 1.89. The monoisotopic (exact) mass is 449 g/mol. The Morgan fingerprint density at radius 2 is 1.71 bits per heavy atom. The van der Waals surface area contributed by atoms with Crippen LogP contribution in [0, 0.1) is 0 Å². The van der Waals surface area contributed by atoms with Gasteiger partial charge >= 0.3 is 0 Å². The lowest BCUT2D eigenvalue weighted by atomic mass is 10.3. The van der Waals surface area contributed by atoms with Crippen molar-refractivity contribution in [3.05, 3.63) is 35.6 Å². The number of nitrogens with one attached hydrogen (secondary N) is 1. The molecule has 0 spiro atoms. The second kappa shape index (κ2) is 8.07. The van der Waals surface area contributed by atoms with Gasteiger partial charge in [-0.15, -0.1) is 0 Å². The summed E-state index contributed by atoms with van der Waals surface area (Å²) in [6, 6.07) is 3.84. The first-order valence-corrected chi connectivity index (χ1v) is 9.23. The summed E-state index contributed by atoms with van der Waals surface area (Å²) < 4.78 is 2.04. The Morgan fingerprint density at radius 3 is 2.29 bits per heavy atom. The fourth-order valence-corrected chi connectivity index (χ4v) is 2.41. The number of aliphatic imine (C=N–C) groups is 2. The molecule has 0 fully saturated rings. The summed E-state index contributed by atoms with van der Waals surface area (Å²) in [7, 11) is 0. The summed E-state index contributed by atoms with van der Waals surface area (Å²) in [6.07, 6.45) is 4.09. The largest absolute Gasteiger partial charge is 0.466 e. The van der Waals surface area contributed by atoms with E-state index in [1.54, 1.807) is 6.08 Å². The van der Waals surface area contributed by atoms with Crippen LogP contribution in [0.2, 0.25) is 0 Å². The summed E-state index contributed by atoms with van der Waals surface area (Å²) in [4.78, 5) is 8.10. The van der Waals surface area contributed by atoms with Crippen molar-refractivity contribution >= 4 is 81.3 Å². The molecule has 0 aliphatic carbocycles. The van der Waals surface area contributed by atoms with Crippen LogP contribution >= 0.6 is 69.6 Å². The number of rotatable bonds is 4. The number of alkyl halides is 6. The van der Waals surface area contributed by atoms with E-state index in [0.717, 1.165) is 24.4 Å². The molecule has 24 heavy (non-hydrogen) atoms. The molecule has 0 saturated heterocycles. The molecule has 132 valence electrons. The topological polar surface area (TPSA) is 49.9 Å². The Balaban J connectivity index is 2.22. The Hall–Kier alpha value is -0.1000. The number of halogens is 6. The molecule has 2 rings (SSSR count). The molecule has 0 aromatic carbocycles. The van der Waals surface area contributed by atoms with E-state index in [-0.39, 0.29) is 11.7 Å². The lowest BCUT2D eigenvalue weighted by Crippen LogP contribution is -2.39. The highest BCUT2D eigenvalue weighted by molar-refractivity contribution is 6.79. The van der Waals surface area contributed by atoms with Crippen LogP contribution in [0.5, 0.6) is 0 Å². The third-order valence-electron chi connectivity index (χ3n) is 2.92. The minimum Gasteiger partial charge on any atom is -0.466 e. The van der Waals surface area contributed by atoms with Gasteiger partial charge in [0, 0.05) is 12.8 Å². The molecule has 0 bridgehead atoms. The van der Waals surface area contributed by atoms with Crippen molar-refractivity contribution in [1.82, 2.24) is 5.32 Å². The summed E-state index contributed by atoms with van der Waals surface area (Å²) in [5.41, 5.74) is 0. The quantitative estimate of drug-likeness (QED) is 0.592. The average Bonchev–Trinajstić information content (AvgIpc) is 2.91. The van der Waals surface area contributed by atoms with E-state index in [1.807, 2.05) is 12.1 Å². The number of hydrogen-bond acceptors (Lipinski definition) is 4. The van der Waals surface area contributed by atoms with Gasteiger partial charge in [-0.05, 0) is 24.6 Å². The fraction of sp³-hybridized carbons (Fsp3) is 0.429. The van der Waals surface area contributed by atoms with Crippen molar-refractivity contribution in [1.29, 1.82) is 0 Å². The first-order chi connectivity index (χ1) is 11.1. The van der Waals surface area contributed by atoms with E-state index in [0.29, 0.717) is 12.2 Å². The number of furan rings is 1. The molecule has 0 atom stereocenters. The molecular weight excluding hydrogens is 439 g/mol. The summed E-state index contributed by atoms with van der Waals surface area (Å²) in [5.74, 6) is 1.96. The second-order valence-electron chi connectivity index (χ2n) is 4.93. The molecule has 1 aromatic heterocycles. The van der Waals surface area contributed by atoms with Gasteiger partial charge in [-0.3, -0.25) is 0 Å². The number of hydrogen-bond donors (Lipinski definition) is 1. The molecule has 4 nitrogen and oxygen atoms in total. The smallest absolute Gasteiger partial charge is 0.250 e. The van der Waals surface area contributed by atoms with Gasteiger partial charge < -0.3 is 9.73 Å². The third-order valence-corrected chi connectivity index (χ3v) is 3.97. The third kappa shape index (κ3) is 5.72. The number of aryl methyl sites for hydroxylation is 1. The molecular formula is C14H13Cl6N3O. The van der Waals surface area contributed by atoms with E-state index in [2.05, 4.69) is 22.2 Å². The predicted molar refractivity (Wildman–Crippen MR) is 103 cm³/mol. The van der Waals surface area contributed by atoms with Gasteiger partial charge in [-0.25, -0.2) is 9.98 Å². The van der Waals surface area contributed by atoms with E-state index in [1.165, 1.54) is 0 Å². The second-order valence-corrected chi connectivity index (χ2v) is 9.49. The molecule has 1 aliphatic rings. The first kappa shape index (κ1) is 20.2. The van der Waals surface area contributed by atoms with Crippen LogP contribution < -0.4 is 5.32 Å². The van der Waals surface area contributed by atoms with Crippen LogP contribution in [0.25, 0.3) is 0 Å². The van der Waals surface area contributed by atoms with Gasteiger partial charge in [0.25, 0.3) is 0 Å². The van der Waals surface area contributed by atoms with Crippen molar-refractivity contribution in [2.75, 3.05) is 0 Å². The maximum absolute atomic E-state index is 5.86. The molecule has 10 heteroatoms. The zero-order valence-electron chi connectivity index (χ0n) is 12.4. The Labute approximate surface area is 169 Å². The zero-order chi connectivity index (χ0) is 18.0. The Bertz CT molecular complexity index is 681. The van der Waals surface area contributed by atoms with E-state index in [9.17, 15) is 0 Å². The number of nitrogens with zero attached hydrogens (tertiary/aromatic N) is 2. The lowest BCUT2D eigenvalue weighted by molar-refractivity contribution is 0.472. The van der Waals surface area contributed by atoms with E-state index < -0.39 is 7.59 Å².